The lowest BCUT2D eigenvalue weighted by atomic mass is 10.1. The summed E-state index contributed by atoms with van der Waals surface area (Å²) in [4.78, 5) is 15.0. The van der Waals surface area contributed by atoms with Gasteiger partial charge < -0.3 is 20.8 Å². The van der Waals surface area contributed by atoms with Crippen molar-refractivity contribution in [1.82, 2.24) is 14.8 Å². The van der Waals surface area contributed by atoms with Crippen molar-refractivity contribution in [3.8, 4) is 0 Å². The summed E-state index contributed by atoms with van der Waals surface area (Å²) in [6, 6.07) is 6.18. The molecule has 153 valence electrons. The zero-order valence-corrected chi connectivity index (χ0v) is 15.3. The number of nitrogens with two attached hydrogens (primary N) is 1. The topological polar surface area (TPSA) is 98.0 Å². The predicted octanol–water partition coefficient (Wildman–Crippen LogP) is 3.22. The number of pyridine rings is 1. The molecule has 3 aromatic rings. The van der Waals surface area contributed by atoms with Crippen LogP contribution in [-0.4, -0.2) is 34.2 Å². The first-order valence-electron chi connectivity index (χ1n) is 9.07. The summed E-state index contributed by atoms with van der Waals surface area (Å²) in [5.74, 6) is 0.313. The molecule has 1 aliphatic rings. The average Bonchev–Trinajstić information content (AvgIpc) is 3.08. The number of halogens is 3. The quantitative estimate of drug-likeness (QED) is 0.618. The lowest BCUT2D eigenvalue weighted by Crippen LogP contribution is -2.28. The van der Waals surface area contributed by atoms with E-state index in [0.29, 0.717) is 35.6 Å². The summed E-state index contributed by atoms with van der Waals surface area (Å²) < 4.78 is 45.5. The Balaban J connectivity index is 1.67. The van der Waals surface area contributed by atoms with Crippen molar-refractivity contribution >= 4 is 22.4 Å². The first-order valence-corrected chi connectivity index (χ1v) is 9.07. The van der Waals surface area contributed by atoms with Crippen LogP contribution in [0.1, 0.15) is 24.4 Å². The van der Waals surface area contributed by atoms with Gasteiger partial charge in [0.05, 0.1) is 12.1 Å². The third kappa shape index (κ3) is 3.85. The number of H-pyrrole nitrogens is 1. The molecular formula is C19H19F3N5O2. The molecule has 0 saturated carbocycles. The van der Waals surface area contributed by atoms with Gasteiger partial charge in [0.15, 0.2) is 5.82 Å². The van der Waals surface area contributed by atoms with Crippen LogP contribution in [0.5, 0.6) is 0 Å². The number of aromatic nitrogens is 3. The maximum atomic E-state index is 12.8. The molecule has 0 aliphatic carbocycles. The van der Waals surface area contributed by atoms with E-state index < -0.39 is 12.2 Å². The highest BCUT2D eigenvalue weighted by Gasteiger charge is 2.37. The number of alkyl halides is 3. The van der Waals surface area contributed by atoms with Crippen LogP contribution in [0.3, 0.4) is 0 Å². The summed E-state index contributed by atoms with van der Waals surface area (Å²) >= 11 is 0. The number of fused-ring (bicyclic) bond motifs is 1. The second-order valence-electron chi connectivity index (χ2n) is 6.82. The number of benzene rings is 1. The normalized spacial score (nSPS) is 16.8. The largest absolute Gasteiger partial charge is 0.407 e. The Bertz CT molecular complexity index is 1050. The second kappa shape index (κ2) is 7.53. The lowest BCUT2D eigenvalue weighted by molar-refractivity contribution is -0.149. The van der Waals surface area contributed by atoms with Gasteiger partial charge in [0.25, 0.3) is 5.56 Å². The Morgan fingerprint density at radius 3 is 2.66 bits per heavy atom. The van der Waals surface area contributed by atoms with Gasteiger partial charge in [0.2, 0.25) is 0 Å². The molecule has 0 bridgehead atoms. The van der Waals surface area contributed by atoms with Crippen molar-refractivity contribution in [1.29, 1.82) is 0 Å². The fraction of sp³-hybridized carbons (Fsp3) is 0.316. The second-order valence-corrected chi connectivity index (χ2v) is 6.82. The average molecular weight is 406 g/mol. The first kappa shape index (κ1) is 19.5. The maximum absolute atomic E-state index is 12.8. The molecule has 29 heavy (non-hydrogen) atoms. The van der Waals surface area contributed by atoms with E-state index in [4.69, 9.17) is 10.5 Å². The van der Waals surface area contributed by atoms with Crippen LogP contribution < -0.4 is 16.6 Å². The van der Waals surface area contributed by atoms with Gasteiger partial charge in [-0.25, -0.2) is 0 Å². The van der Waals surface area contributed by atoms with Crippen LogP contribution >= 0.6 is 0 Å². The standard InChI is InChI=1S/C19H19F3N5O2/c20-19(21,22)16(23)11-3-5-12(6-4-11)25-17-15-14(7-8-24-18(15)28)27(26-17)13-2-1-9-29-10-13/h3-8,16H,1-2,9-10,23H2,(H,24,28)(H,25,26). The molecule has 2 aromatic heterocycles. The van der Waals surface area contributed by atoms with E-state index in [1.54, 1.807) is 16.9 Å². The van der Waals surface area contributed by atoms with Crippen molar-refractivity contribution in [2.75, 3.05) is 18.5 Å². The van der Waals surface area contributed by atoms with Gasteiger partial charge in [-0.3, -0.25) is 9.48 Å². The molecule has 1 radical (unpaired) electrons. The van der Waals surface area contributed by atoms with Crippen LogP contribution in [-0.2, 0) is 4.74 Å². The summed E-state index contributed by atoms with van der Waals surface area (Å²) in [5.41, 5.74) is 5.99. The van der Waals surface area contributed by atoms with E-state index in [2.05, 4.69) is 15.4 Å². The van der Waals surface area contributed by atoms with Crippen molar-refractivity contribution in [2.24, 2.45) is 5.73 Å². The summed E-state index contributed by atoms with van der Waals surface area (Å²) in [6.07, 6.45) is -1.31. The molecule has 1 aliphatic heterocycles. The fourth-order valence-electron chi connectivity index (χ4n) is 3.31. The van der Waals surface area contributed by atoms with Crippen molar-refractivity contribution < 1.29 is 17.9 Å². The Morgan fingerprint density at radius 1 is 1.24 bits per heavy atom. The highest BCUT2D eigenvalue weighted by molar-refractivity contribution is 5.91. The number of rotatable bonds is 4. The summed E-state index contributed by atoms with van der Waals surface area (Å²) in [5, 5.41) is 7.92. The molecule has 1 unspecified atom stereocenters. The van der Waals surface area contributed by atoms with Gasteiger partial charge in [0, 0.05) is 18.5 Å². The highest BCUT2D eigenvalue weighted by Crippen LogP contribution is 2.32. The van der Waals surface area contributed by atoms with Crippen LogP contribution in [0, 0.1) is 6.04 Å². The maximum Gasteiger partial charge on any atom is 0.407 e. The first-order chi connectivity index (χ1) is 13.8. The SMILES string of the molecule is NC(c1ccc(Nc2nn([C]3CCCOC3)c3cc[nH]c(=O)c23)cc1)C(F)(F)F. The van der Waals surface area contributed by atoms with Gasteiger partial charge >= 0.3 is 6.18 Å². The van der Waals surface area contributed by atoms with Crippen LogP contribution in [0.2, 0.25) is 0 Å². The Morgan fingerprint density at radius 2 is 2.00 bits per heavy atom. The van der Waals surface area contributed by atoms with Gasteiger partial charge in [-0.1, -0.05) is 12.1 Å². The molecule has 3 heterocycles. The third-order valence-corrected chi connectivity index (χ3v) is 4.81. The van der Waals surface area contributed by atoms with Gasteiger partial charge in [-0.05, 0) is 36.6 Å². The highest BCUT2D eigenvalue weighted by atomic mass is 19.4. The fourth-order valence-corrected chi connectivity index (χ4v) is 3.31. The van der Waals surface area contributed by atoms with Gasteiger partial charge in [0.1, 0.15) is 17.5 Å². The van der Waals surface area contributed by atoms with E-state index in [-0.39, 0.29) is 11.1 Å². The van der Waals surface area contributed by atoms with Gasteiger partial charge in [-0.2, -0.15) is 18.3 Å². The van der Waals surface area contributed by atoms with E-state index >= 15 is 0 Å². The molecule has 0 amide bonds. The zero-order chi connectivity index (χ0) is 20.6. The summed E-state index contributed by atoms with van der Waals surface area (Å²) in [7, 11) is 0. The van der Waals surface area contributed by atoms with Crippen LogP contribution in [0.25, 0.3) is 10.9 Å². The minimum atomic E-state index is -4.52. The number of nitrogens with zero attached hydrogens (tertiary/aromatic N) is 2. The number of ether oxygens (including phenoxy) is 1. The number of hydrogen-bond acceptors (Lipinski definition) is 5. The van der Waals surface area contributed by atoms with E-state index in [1.807, 2.05) is 0 Å². The zero-order valence-electron chi connectivity index (χ0n) is 15.3. The Kier molecular flexibility index (Phi) is 5.05. The smallest absolute Gasteiger partial charge is 0.379 e. The van der Waals surface area contributed by atoms with Crippen molar-refractivity contribution in [2.45, 2.75) is 25.1 Å². The molecule has 4 rings (SSSR count). The molecular weight excluding hydrogens is 387 g/mol. The molecule has 1 aromatic carbocycles. The molecule has 1 fully saturated rings. The summed E-state index contributed by atoms with van der Waals surface area (Å²) in [6.45, 7) is 1.11. The Labute approximate surface area is 163 Å². The number of hydrogen-bond donors (Lipinski definition) is 3. The Hall–Kier alpha value is -2.85. The van der Waals surface area contributed by atoms with Crippen LogP contribution in [0.4, 0.5) is 24.7 Å². The molecule has 0 spiro atoms. The molecule has 7 nitrogen and oxygen atoms in total. The molecule has 4 N–H and O–H groups in total. The van der Waals surface area contributed by atoms with E-state index in [0.717, 1.165) is 18.9 Å². The molecule has 1 atom stereocenters. The molecule has 1 saturated heterocycles. The number of anilines is 2. The van der Waals surface area contributed by atoms with Crippen molar-refractivity contribution in [3.63, 3.8) is 0 Å². The van der Waals surface area contributed by atoms with E-state index in [9.17, 15) is 18.0 Å². The van der Waals surface area contributed by atoms with E-state index in [1.165, 1.54) is 24.3 Å². The third-order valence-electron chi connectivity index (χ3n) is 4.81. The number of aromatic amines is 1. The molecule has 10 heteroatoms. The van der Waals surface area contributed by atoms with Crippen molar-refractivity contribution in [3.05, 3.63) is 58.5 Å². The minimum absolute atomic E-state index is 0.0498. The lowest BCUT2D eigenvalue weighted by Gasteiger charge is -2.21. The number of nitrogens with one attached hydrogen (secondary N) is 2. The van der Waals surface area contributed by atoms with Gasteiger partial charge in [-0.15, -0.1) is 0 Å². The monoisotopic (exact) mass is 406 g/mol. The minimum Gasteiger partial charge on any atom is -0.379 e. The predicted molar refractivity (Wildman–Crippen MR) is 102 cm³/mol. The van der Waals surface area contributed by atoms with Crippen LogP contribution in [0.15, 0.2) is 41.3 Å².